The molecule has 4 rings (SSSR count). The molecule has 31 heavy (non-hydrogen) atoms. The van der Waals surface area contributed by atoms with Crippen LogP contribution in [0.2, 0.25) is 0 Å². The molecule has 1 aliphatic carbocycles. The molecule has 0 amide bonds. The van der Waals surface area contributed by atoms with Gasteiger partial charge in [-0.3, -0.25) is 9.00 Å². The minimum atomic E-state index is -3.86. The van der Waals surface area contributed by atoms with Crippen LogP contribution in [-0.4, -0.2) is 36.2 Å². The number of carbonyl (C=O) groups is 1. The molecule has 1 aliphatic heterocycles. The van der Waals surface area contributed by atoms with Gasteiger partial charge in [0, 0.05) is 22.8 Å². The number of esters is 1. The average Bonchev–Trinajstić information content (AvgIpc) is 3.26. The maximum absolute atomic E-state index is 13.7. The minimum absolute atomic E-state index is 0.0724. The number of fused-ring (bicyclic) bond motifs is 1. The van der Waals surface area contributed by atoms with E-state index in [0.29, 0.717) is 4.90 Å². The lowest BCUT2D eigenvalue weighted by Crippen LogP contribution is -2.43. The molecule has 0 aromatic heterocycles. The zero-order valence-corrected chi connectivity index (χ0v) is 19.2. The highest BCUT2D eigenvalue weighted by atomic mass is 32.2. The molecular formula is C23H24O6S2. The summed E-state index contributed by atoms with van der Waals surface area (Å²) in [5, 5.41) is 0. The van der Waals surface area contributed by atoms with Gasteiger partial charge in [-0.05, 0) is 45.0 Å². The van der Waals surface area contributed by atoms with Gasteiger partial charge in [-0.2, -0.15) is 0 Å². The number of hydrogen-bond acceptors (Lipinski definition) is 6. The predicted octanol–water partition coefficient (Wildman–Crippen LogP) is 3.45. The van der Waals surface area contributed by atoms with E-state index in [4.69, 9.17) is 9.47 Å². The number of benzene rings is 2. The van der Waals surface area contributed by atoms with E-state index in [1.165, 1.54) is 6.08 Å². The Morgan fingerprint density at radius 2 is 1.65 bits per heavy atom. The highest BCUT2D eigenvalue weighted by Crippen LogP contribution is 2.51. The van der Waals surface area contributed by atoms with Crippen LogP contribution in [-0.2, 0) is 34.9 Å². The van der Waals surface area contributed by atoms with Crippen LogP contribution >= 0.6 is 0 Å². The van der Waals surface area contributed by atoms with Crippen LogP contribution in [0.15, 0.2) is 69.3 Å². The van der Waals surface area contributed by atoms with E-state index in [-0.39, 0.29) is 22.8 Å². The van der Waals surface area contributed by atoms with Crippen molar-refractivity contribution >= 4 is 26.6 Å². The fourth-order valence-electron chi connectivity index (χ4n) is 4.05. The highest BCUT2D eigenvalue weighted by Gasteiger charge is 2.65. The smallest absolute Gasteiger partial charge is 0.328 e. The molecule has 1 fully saturated rings. The molecule has 2 aliphatic rings. The summed E-state index contributed by atoms with van der Waals surface area (Å²) in [6.07, 6.45) is 0.334. The number of ether oxygens (including phenoxy) is 2. The van der Waals surface area contributed by atoms with Gasteiger partial charge in [-0.25, -0.2) is 8.42 Å². The van der Waals surface area contributed by atoms with Gasteiger partial charge >= 0.3 is 5.97 Å². The van der Waals surface area contributed by atoms with Crippen molar-refractivity contribution in [2.24, 2.45) is 5.92 Å². The highest BCUT2D eigenvalue weighted by molar-refractivity contribution is 7.95. The van der Waals surface area contributed by atoms with Gasteiger partial charge in [0.25, 0.3) is 0 Å². The maximum atomic E-state index is 13.7. The van der Waals surface area contributed by atoms with E-state index in [0.717, 1.165) is 11.1 Å². The van der Waals surface area contributed by atoms with Crippen molar-refractivity contribution in [1.82, 2.24) is 0 Å². The molecule has 0 saturated carbocycles. The van der Waals surface area contributed by atoms with Crippen LogP contribution in [0.5, 0.6) is 0 Å². The second-order valence-electron chi connectivity index (χ2n) is 7.85. The first-order valence-corrected chi connectivity index (χ1v) is 12.7. The predicted molar refractivity (Wildman–Crippen MR) is 116 cm³/mol. The van der Waals surface area contributed by atoms with Crippen LogP contribution in [0.4, 0.5) is 0 Å². The Morgan fingerprint density at radius 3 is 2.23 bits per heavy atom. The molecule has 1 heterocycles. The number of hydrogen-bond donors (Lipinski definition) is 0. The first-order chi connectivity index (χ1) is 14.7. The summed E-state index contributed by atoms with van der Waals surface area (Å²) in [6, 6.07) is 13.6. The zero-order chi connectivity index (χ0) is 22.4. The number of sulfone groups is 1. The SMILES string of the molecule is CCO[C@H]1OC(=O)[C@]2(S(=O)c3ccc(C)cc3)CC(S(=O)(=O)c3ccc(C)cc3)=C[C@H]12. The first-order valence-electron chi connectivity index (χ1n) is 10.0. The van der Waals surface area contributed by atoms with Crippen LogP contribution in [0.3, 0.4) is 0 Å². The minimum Gasteiger partial charge on any atom is -0.434 e. The van der Waals surface area contributed by atoms with Crippen LogP contribution in [0.1, 0.15) is 24.5 Å². The van der Waals surface area contributed by atoms with Crippen molar-refractivity contribution in [1.29, 1.82) is 0 Å². The summed E-state index contributed by atoms with van der Waals surface area (Å²) < 4.78 is 49.8. The van der Waals surface area contributed by atoms with Gasteiger partial charge < -0.3 is 9.47 Å². The van der Waals surface area contributed by atoms with Crippen LogP contribution in [0, 0.1) is 19.8 Å². The van der Waals surface area contributed by atoms with Crippen LogP contribution in [0.25, 0.3) is 0 Å². The van der Waals surface area contributed by atoms with Crippen molar-refractivity contribution in [2.75, 3.05) is 6.61 Å². The molecule has 2 aromatic carbocycles. The summed E-state index contributed by atoms with van der Waals surface area (Å²) in [4.78, 5) is 13.7. The summed E-state index contributed by atoms with van der Waals surface area (Å²) in [5.74, 6) is -1.46. The lowest BCUT2D eigenvalue weighted by molar-refractivity contribution is -0.164. The van der Waals surface area contributed by atoms with Gasteiger partial charge in [0.1, 0.15) is 0 Å². The van der Waals surface area contributed by atoms with Gasteiger partial charge in [-0.1, -0.05) is 41.5 Å². The number of allylic oxidation sites excluding steroid dienone is 1. The fraction of sp³-hybridized carbons (Fsp3) is 0.348. The second-order valence-corrected chi connectivity index (χ2v) is 11.6. The molecule has 4 atom stereocenters. The van der Waals surface area contributed by atoms with Gasteiger partial charge in [0.2, 0.25) is 16.1 Å². The van der Waals surface area contributed by atoms with E-state index in [1.807, 2.05) is 26.0 Å². The summed E-state index contributed by atoms with van der Waals surface area (Å²) in [6.45, 7) is 5.81. The van der Waals surface area contributed by atoms with E-state index >= 15 is 0 Å². The summed E-state index contributed by atoms with van der Waals surface area (Å²) in [7, 11) is -5.69. The standard InChI is InChI=1S/C23H24O6S2/c1-4-28-21-20-13-19(31(26,27)18-11-7-16(3)8-12-18)14-23(20,22(24)29-21)30(25)17-9-5-15(2)6-10-17/h5-13,20-21H,4,14H2,1-3H3/t20-,21+,23+,30?/m1/s1. The summed E-state index contributed by atoms with van der Waals surface area (Å²) >= 11 is 0. The largest absolute Gasteiger partial charge is 0.434 e. The number of aryl methyl sites for hydroxylation is 2. The molecule has 1 saturated heterocycles. The van der Waals surface area contributed by atoms with Crippen LogP contribution < -0.4 is 0 Å². The molecule has 2 aromatic rings. The molecule has 0 N–H and O–H groups in total. The molecule has 0 radical (unpaired) electrons. The van der Waals surface area contributed by atoms with E-state index < -0.39 is 43.6 Å². The normalized spacial score (nSPS) is 26.3. The van der Waals surface area contributed by atoms with Crippen molar-refractivity contribution in [3.63, 3.8) is 0 Å². The Bertz CT molecular complexity index is 1170. The molecule has 0 bridgehead atoms. The molecule has 6 nitrogen and oxygen atoms in total. The lowest BCUT2D eigenvalue weighted by Gasteiger charge is -2.25. The lowest BCUT2D eigenvalue weighted by atomic mass is 9.97. The Labute approximate surface area is 184 Å². The quantitative estimate of drug-likeness (QED) is 0.614. The van der Waals surface area contributed by atoms with Gasteiger partial charge in [-0.15, -0.1) is 0 Å². The van der Waals surface area contributed by atoms with Crippen molar-refractivity contribution in [3.05, 3.63) is 70.6 Å². The number of carbonyl (C=O) groups excluding carboxylic acids is 1. The number of rotatable bonds is 6. The van der Waals surface area contributed by atoms with E-state index in [9.17, 15) is 17.4 Å². The van der Waals surface area contributed by atoms with E-state index in [1.54, 1.807) is 43.3 Å². The third-order valence-corrected chi connectivity index (χ3v) is 9.58. The summed E-state index contributed by atoms with van der Waals surface area (Å²) in [5.41, 5.74) is 1.93. The Balaban J connectivity index is 1.79. The monoisotopic (exact) mass is 460 g/mol. The maximum Gasteiger partial charge on any atom is 0.328 e. The topological polar surface area (TPSA) is 86.7 Å². The van der Waals surface area contributed by atoms with Gasteiger partial charge in [0.05, 0.1) is 21.6 Å². The number of cyclic esters (lactones) is 1. The molecule has 164 valence electrons. The van der Waals surface area contributed by atoms with Gasteiger partial charge in [0.15, 0.2) is 4.75 Å². The van der Waals surface area contributed by atoms with Crippen molar-refractivity contribution in [3.8, 4) is 0 Å². The van der Waals surface area contributed by atoms with Crippen molar-refractivity contribution < 1.29 is 26.9 Å². The third-order valence-electron chi connectivity index (χ3n) is 5.78. The molecular weight excluding hydrogens is 436 g/mol. The van der Waals surface area contributed by atoms with Crippen molar-refractivity contribution in [2.45, 2.75) is 48.0 Å². The first kappa shape index (κ1) is 21.9. The fourth-order valence-corrected chi connectivity index (χ4v) is 7.40. The molecule has 8 heteroatoms. The van der Waals surface area contributed by atoms with E-state index in [2.05, 4.69) is 0 Å². The Hall–Kier alpha value is -2.29. The average molecular weight is 461 g/mol. The second kappa shape index (κ2) is 8.00. The Morgan fingerprint density at radius 1 is 1.06 bits per heavy atom. The Kier molecular flexibility index (Phi) is 5.66. The molecule has 1 unspecified atom stereocenters. The zero-order valence-electron chi connectivity index (χ0n) is 17.5. The molecule has 0 spiro atoms. The third kappa shape index (κ3) is 3.56.